The molecule has 0 aromatic heterocycles. The van der Waals surface area contributed by atoms with Gasteiger partial charge < -0.3 is 20.4 Å². The maximum absolute atomic E-state index is 13.8. The lowest BCUT2D eigenvalue weighted by atomic mass is 10.2. The first-order valence-corrected chi connectivity index (χ1v) is 6.24. The van der Waals surface area contributed by atoms with Gasteiger partial charge in [-0.25, -0.2) is 18.4 Å². The number of likely N-dealkylation sites (tertiary alicyclic amines) is 1. The Bertz CT molecular complexity index is 594. The Balaban J connectivity index is 2.22. The van der Waals surface area contributed by atoms with Gasteiger partial charge in [-0.05, 0) is 18.6 Å². The first kappa shape index (κ1) is 15.2. The van der Waals surface area contributed by atoms with Gasteiger partial charge in [0.25, 0.3) is 0 Å². The minimum Gasteiger partial charge on any atom is -0.480 e. The van der Waals surface area contributed by atoms with Crippen molar-refractivity contribution in [3.05, 3.63) is 29.3 Å². The molecule has 0 aliphatic carbocycles. The van der Waals surface area contributed by atoms with E-state index in [1.807, 2.05) is 5.32 Å². The molecule has 0 bridgehead atoms. The van der Waals surface area contributed by atoms with Gasteiger partial charge in [0, 0.05) is 13.0 Å². The van der Waals surface area contributed by atoms with E-state index in [0.717, 1.165) is 11.0 Å². The summed E-state index contributed by atoms with van der Waals surface area (Å²) in [5.41, 5.74) is -0.492. The van der Waals surface area contributed by atoms with E-state index >= 15 is 0 Å². The summed E-state index contributed by atoms with van der Waals surface area (Å²) in [5, 5.41) is 20.5. The number of urea groups is 1. The number of carbonyl (C=O) groups excluding carboxylic acids is 1. The molecule has 2 amide bonds. The topological polar surface area (TPSA) is 89.9 Å². The Labute approximate surface area is 119 Å². The minimum atomic E-state index is -1.29. The van der Waals surface area contributed by atoms with Gasteiger partial charge in [-0.15, -0.1) is 0 Å². The number of carboxylic acid groups (broad SMARTS) is 1. The average molecular weight is 300 g/mol. The number of carboxylic acids is 1. The second-order valence-electron chi connectivity index (χ2n) is 4.88. The number of hydrogen-bond donors (Lipinski definition) is 3. The van der Waals surface area contributed by atoms with Crippen LogP contribution in [0.4, 0.5) is 19.3 Å². The number of anilines is 1. The minimum absolute atomic E-state index is 0.123. The van der Waals surface area contributed by atoms with Crippen LogP contribution in [-0.4, -0.2) is 45.8 Å². The largest absolute Gasteiger partial charge is 0.480 e. The molecule has 1 aliphatic rings. The third-order valence-corrected chi connectivity index (χ3v) is 3.34. The molecule has 1 heterocycles. The van der Waals surface area contributed by atoms with Crippen LogP contribution < -0.4 is 5.32 Å². The standard InChI is InChI=1S/C13H14F2N2O4/c1-6-2-3-8(14)11(10(6)15)16-13(21)17-5-7(18)4-9(17)12(19)20/h2-3,7,9,18H,4-5H2,1H3,(H,16,21)(H,19,20)/t7-,9-/m0/s1. The van der Waals surface area contributed by atoms with Crippen molar-refractivity contribution in [2.75, 3.05) is 11.9 Å². The predicted octanol–water partition coefficient (Wildman–Crippen LogP) is 1.32. The van der Waals surface area contributed by atoms with E-state index < -0.39 is 41.5 Å². The van der Waals surface area contributed by atoms with Gasteiger partial charge in [0.2, 0.25) is 0 Å². The number of aryl methyl sites for hydroxylation is 1. The van der Waals surface area contributed by atoms with E-state index in [9.17, 15) is 23.5 Å². The number of nitrogens with zero attached hydrogens (tertiary/aromatic N) is 1. The molecule has 1 saturated heterocycles. The Morgan fingerprint density at radius 1 is 1.38 bits per heavy atom. The highest BCUT2D eigenvalue weighted by Gasteiger charge is 2.39. The summed E-state index contributed by atoms with van der Waals surface area (Å²) >= 11 is 0. The van der Waals surface area contributed by atoms with Crippen molar-refractivity contribution in [2.24, 2.45) is 0 Å². The van der Waals surface area contributed by atoms with Crippen molar-refractivity contribution in [3.8, 4) is 0 Å². The molecule has 0 unspecified atom stereocenters. The highest BCUT2D eigenvalue weighted by molar-refractivity contribution is 5.93. The second kappa shape index (κ2) is 5.65. The number of aliphatic carboxylic acids is 1. The van der Waals surface area contributed by atoms with E-state index in [4.69, 9.17) is 5.11 Å². The zero-order valence-electron chi connectivity index (χ0n) is 11.1. The van der Waals surface area contributed by atoms with Gasteiger partial charge in [-0.2, -0.15) is 0 Å². The first-order chi connectivity index (χ1) is 9.81. The summed E-state index contributed by atoms with van der Waals surface area (Å²) in [6.45, 7) is 1.20. The van der Waals surface area contributed by atoms with Gasteiger partial charge in [0.1, 0.15) is 17.5 Å². The van der Waals surface area contributed by atoms with Crippen LogP contribution in [-0.2, 0) is 4.79 Å². The zero-order chi connectivity index (χ0) is 15.7. The quantitative estimate of drug-likeness (QED) is 0.768. The van der Waals surface area contributed by atoms with Crippen molar-refractivity contribution in [1.82, 2.24) is 4.90 Å². The summed E-state index contributed by atoms with van der Waals surface area (Å²) in [6.07, 6.45) is -1.11. The van der Waals surface area contributed by atoms with Crippen LogP contribution in [0.15, 0.2) is 12.1 Å². The van der Waals surface area contributed by atoms with E-state index in [0.29, 0.717) is 0 Å². The van der Waals surface area contributed by atoms with E-state index in [1.165, 1.54) is 13.0 Å². The SMILES string of the molecule is Cc1ccc(F)c(NC(=O)N2C[C@@H](O)C[C@H]2C(=O)O)c1F. The number of amides is 2. The molecule has 1 aliphatic heterocycles. The lowest BCUT2D eigenvalue weighted by molar-refractivity contribution is -0.141. The van der Waals surface area contributed by atoms with Crippen LogP contribution in [0.5, 0.6) is 0 Å². The molecule has 3 N–H and O–H groups in total. The fourth-order valence-electron chi connectivity index (χ4n) is 2.22. The maximum atomic E-state index is 13.8. The molecule has 0 saturated carbocycles. The van der Waals surface area contributed by atoms with Crippen molar-refractivity contribution in [1.29, 1.82) is 0 Å². The number of hydrogen-bond acceptors (Lipinski definition) is 3. The Morgan fingerprint density at radius 3 is 2.67 bits per heavy atom. The highest BCUT2D eigenvalue weighted by atomic mass is 19.1. The summed E-state index contributed by atoms with van der Waals surface area (Å²) in [5.74, 6) is -3.17. The number of benzene rings is 1. The molecule has 0 spiro atoms. The number of rotatable bonds is 2. The summed E-state index contributed by atoms with van der Waals surface area (Å²) in [6, 6.07) is 0.0277. The first-order valence-electron chi connectivity index (χ1n) is 6.24. The molecule has 6 nitrogen and oxygen atoms in total. The Morgan fingerprint density at radius 2 is 2.05 bits per heavy atom. The van der Waals surface area contributed by atoms with E-state index in [2.05, 4.69) is 0 Å². The molecule has 1 aromatic rings. The molecule has 1 fully saturated rings. The van der Waals surface area contributed by atoms with Crippen molar-refractivity contribution < 1.29 is 28.6 Å². The van der Waals surface area contributed by atoms with Crippen LogP contribution in [0.2, 0.25) is 0 Å². The van der Waals surface area contributed by atoms with Gasteiger partial charge >= 0.3 is 12.0 Å². The zero-order valence-corrected chi connectivity index (χ0v) is 11.1. The number of carbonyl (C=O) groups is 2. The molecular weight excluding hydrogens is 286 g/mol. The molecule has 1 aromatic carbocycles. The molecule has 2 atom stereocenters. The predicted molar refractivity (Wildman–Crippen MR) is 68.9 cm³/mol. The smallest absolute Gasteiger partial charge is 0.326 e. The van der Waals surface area contributed by atoms with Crippen LogP contribution in [0.1, 0.15) is 12.0 Å². The molecule has 114 valence electrons. The third-order valence-electron chi connectivity index (χ3n) is 3.34. The Kier molecular flexibility index (Phi) is 4.08. The fraction of sp³-hybridized carbons (Fsp3) is 0.385. The lowest BCUT2D eigenvalue weighted by Crippen LogP contribution is -2.43. The number of β-amino-alcohol motifs (C(OH)–C–C–N with tert-alkyl or cyclic N) is 1. The van der Waals surface area contributed by atoms with E-state index in [1.54, 1.807) is 0 Å². The fourth-order valence-corrected chi connectivity index (χ4v) is 2.22. The number of aliphatic hydroxyl groups is 1. The normalized spacial score (nSPS) is 21.4. The molecule has 0 radical (unpaired) electrons. The van der Waals surface area contributed by atoms with E-state index in [-0.39, 0.29) is 18.5 Å². The number of halogens is 2. The van der Waals surface area contributed by atoms with Gasteiger partial charge in [0.05, 0.1) is 6.10 Å². The van der Waals surface area contributed by atoms with Crippen molar-refractivity contribution >= 4 is 17.7 Å². The molecule has 2 rings (SSSR count). The second-order valence-corrected chi connectivity index (χ2v) is 4.88. The van der Waals surface area contributed by atoms with Crippen molar-refractivity contribution in [3.63, 3.8) is 0 Å². The van der Waals surface area contributed by atoms with Gasteiger partial charge in [0.15, 0.2) is 5.82 Å². The van der Waals surface area contributed by atoms with Crippen LogP contribution in [0.3, 0.4) is 0 Å². The number of aliphatic hydroxyl groups excluding tert-OH is 1. The molecule has 21 heavy (non-hydrogen) atoms. The maximum Gasteiger partial charge on any atom is 0.326 e. The monoisotopic (exact) mass is 300 g/mol. The summed E-state index contributed by atoms with van der Waals surface area (Å²) < 4.78 is 27.4. The molecule has 8 heteroatoms. The molecular formula is C13H14F2N2O4. The number of nitrogens with one attached hydrogen (secondary N) is 1. The lowest BCUT2D eigenvalue weighted by Gasteiger charge is -2.22. The Hall–Kier alpha value is -2.22. The average Bonchev–Trinajstić information content (AvgIpc) is 2.81. The van der Waals surface area contributed by atoms with Crippen LogP contribution in [0, 0.1) is 18.6 Å². The highest BCUT2D eigenvalue weighted by Crippen LogP contribution is 2.24. The van der Waals surface area contributed by atoms with Crippen molar-refractivity contribution in [2.45, 2.75) is 25.5 Å². The van der Waals surface area contributed by atoms with Crippen LogP contribution >= 0.6 is 0 Å². The summed E-state index contributed by atoms with van der Waals surface area (Å²) in [7, 11) is 0. The van der Waals surface area contributed by atoms with Gasteiger partial charge in [-0.3, -0.25) is 0 Å². The van der Waals surface area contributed by atoms with Gasteiger partial charge in [-0.1, -0.05) is 6.07 Å². The van der Waals surface area contributed by atoms with Crippen LogP contribution in [0.25, 0.3) is 0 Å². The summed E-state index contributed by atoms with van der Waals surface area (Å²) in [4.78, 5) is 23.9. The third kappa shape index (κ3) is 2.94.